The molecule has 4 nitrogen and oxygen atoms in total. The molecule has 0 aliphatic heterocycles. The quantitative estimate of drug-likeness (QED) is 0.842. The highest BCUT2D eigenvalue weighted by Crippen LogP contribution is 2.27. The number of hydrogen-bond acceptors (Lipinski definition) is 2. The Balaban J connectivity index is 2.04. The normalized spacial score (nSPS) is 14.6. The molecule has 100 valence electrons. The van der Waals surface area contributed by atoms with Gasteiger partial charge in [0.15, 0.2) is 0 Å². The fourth-order valence-corrected chi connectivity index (χ4v) is 1.99. The van der Waals surface area contributed by atoms with E-state index < -0.39 is 5.97 Å². The Hall–Kier alpha value is -1.81. The average Bonchev–Trinajstić information content (AvgIpc) is 3.17. The summed E-state index contributed by atoms with van der Waals surface area (Å²) in [5.41, 5.74) is 0.812. The summed E-state index contributed by atoms with van der Waals surface area (Å²) >= 11 is 5.85. The van der Waals surface area contributed by atoms with Gasteiger partial charge in [-0.25, -0.2) is 0 Å². The Labute approximate surface area is 116 Å². The summed E-state index contributed by atoms with van der Waals surface area (Å²) in [5, 5.41) is 9.39. The van der Waals surface area contributed by atoms with Gasteiger partial charge in [0.1, 0.15) is 6.54 Å². The summed E-state index contributed by atoms with van der Waals surface area (Å²) in [5.74, 6) is -1.26. The summed E-state index contributed by atoms with van der Waals surface area (Å²) in [6, 6.07) is 7.19. The molecule has 0 aromatic heterocycles. The van der Waals surface area contributed by atoms with Crippen molar-refractivity contribution in [2.45, 2.75) is 18.9 Å². The van der Waals surface area contributed by atoms with E-state index in [4.69, 9.17) is 16.7 Å². The van der Waals surface area contributed by atoms with E-state index in [9.17, 15) is 9.59 Å². The van der Waals surface area contributed by atoms with Crippen molar-refractivity contribution in [3.8, 4) is 0 Å². The number of aliphatic carboxylic acids is 1. The smallest absolute Gasteiger partial charge is 0.323 e. The molecular formula is C14H14ClNO3. The monoisotopic (exact) mass is 279 g/mol. The molecule has 0 bridgehead atoms. The minimum absolute atomic E-state index is 0.0765. The minimum atomic E-state index is -0.989. The highest BCUT2D eigenvalue weighted by Gasteiger charge is 2.32. The predicted octanol–water partition coefficient (Wildman–Crippen LogP) is 2.43. The average molecular weight is 280 g/mol. The molecule has 2 rings (SSSR count). The fourth-order valence-electron chi connectivity index (χ4n) is 1.79. The van der Waals surface area contributed by atoms with Crippen LogP contribution >= 0.6 is 11.6 Å². The number of carboxylic acids is 1. The first-order chi connectivity index (χ1) is 9.06. The van der Waals surface area contributed by atoms with Gasteiger partial charge in [0.25, 0.3) is 0 Å². The first-order valence-corrected chi connectivity index (χ1v) is 6.40. The van der Waals surface area contributed by atoms with Crippen LogP contribution in [-0.4, -0.2) is 34.5 Å². The lowest BCUT2D eigenvalue weighted by molar-refractivity contribution is -0.143. The van der Waals surface area contributed by atoms with E-state index in [0.29, 0.717) is 5.02 Å². The van der Waals surface area contributed by atoms with Crippen molar-refractivity contribution >= 4 is 29.6 Å². The molecule has 0 heterocycles. The second-order valence-electron chi connectivity index (χ2n) is 4.48. The molecule has 0 radical (unpaired) electrons. The van der Waals surface area contributed by atoms with Crippen molar-refractivity contribution < 1.29 is 14.7 Å². The van der Waals surface area contributed by atoms with Crippen LogP contribution in [0.2, 0.25) is 5.02 Å². The molecular weight excluding hydrogens is 266 g/mol. The summed E-state index contributed by atoms with van der Waals surface area (Å²) in [7, 11) is 0. The van der Waals surface area contributed by atoms with Gasteiger partial charge in [-0.15, -0.1) is 0 Å². The molecule has 0 saturated heterocycles. The Morgan fingerprint density at radius 1 is 1.42 bits per heavy atom. The molecule has 0 spiro atoms. The molecule has 1 aliphatic carbocycles. The summed E-state index contributed by atoms with van der Waals surface area (Å²) in [6.07, 6.45) is 4.80. The molecule has 0 unspecified atom stereocenters. The highest BCUT2D eigenvalue weighted by molar-refractivity contribution is 6.30. The number of carbonyl (C=O) groups is 2. The van der Waals surface area contributed by atoms with Crippen molar-refractivity contribution in [2.75, 3.05) is 6.54 Å². The Kier molecular flexibility index (Phi) is 4.22. The Morgan fingerprint density at radius 3 is 2.74 bits per heavy atom. The number of benzene rings is 1. The van der Waals surface area contributed by atoms with Crippen molar-refractivity contribution in [2.24, 2.45) is 0 Å². The van der Waals surface area contributed by atoms with Crippen LogP contribution in [0.15, 0.2) is 30.3 Å². The molecule has 1 amide bonds. The van der Waals surface area contributed by atoms with Gasteiger partial charge in [-0.1, -0.05) is 23.7 Å². The van der Waals surface area contributed by atoms with E-state index in [-0.39, 0.29) is 18.5 Å². The largest absolute Gasteiger partial charge is 0.480 e. The number of carboxylic acid groups (broad SMARTS) is 1. The number of amides is 1. The molecule has 1 fully saturated rings. The number of rotatable bonds is 5. The summed E-state index contributed by atoms with van der Waals surface area (Å²) in [4.78, 5) is 24.1. The Bertz CT molecular complexity index is 523. The van der Waals surface area contributed by atoms with Crippen molar-refractivity contribution in [3.05, 3.63) is 40.9 Å². The van der Waals surface area contributed by atoms with Crippen LogP contribution in [-0.2, 0) is 9.59 Å². The summed E-state index contributed by atoms with van der Waals surface area (Å²) < 4.78 is 0. The van der Waals surface area contributed by atoms with Gasteiger partial charge < -0.3 is 10.0 Å². The first-order valence-electron chi connectivity index (χ1n) is 6.02. The molecule has 5 heteroatoms. The van der Waals surface area contributed by atoms with E-state index in [2.05, 4.69) is 0 Å². The molecule has 0 atom stereocenters. The van der Waals surface area contributed by atoms with Gasteiger partial charge in [-0.2, -0.15) is 0 Å². The van der Waals surface area contributed by atoms with E-state index in [1.165, 1.54) is 11.0 Å². The van der Waals surface area contributed by atoms with Gasteiger partial charge in [0.2, 0.25) is 5.91 Å². The molecule has 1 aliphatic rings. The van der Waals surface area contributed by atoms with Gasteiger partial charge in [-0.3, -0.25) is 9.59 Å². The third-order valence-electron chi connectivity index (χ3n) is 2.84. The van der Waals surface area contributed by atoms with Gasteiger partial charge in [-0.05, 0) is 36.6 Å². The summed E-state index contributed by atoms with van der Waals surface area (Å²) in [6.45, 7) is -0.247. The molecule has 1 N–H and O–H groups in total. The zero-order valence-electron chi connectivity index (χ0n) is 10.3. The highest BCUT2D eigenvalue weighted by atomic mass is 35.5. The number of nitrogens with zero attached hydrogens (tertiary/aromatic N) is 1. The third kappa shape index (κ3) is 4.10. The number of hydrogen-bond donors (Lipinski definition) is 1. The maximum absolute atomic E-state index is 12.0. The number of carbonyl (C=O) groups excluding carboxylic acids is 1. The standard InChI is InChI=1S/C14H14ClNO3/c15-11-3-1-2-10(8-11)4-7-13(17)16(9-14(18)19)12-5-6-12/h1-4,7-8,12H,5-6,9H2,(H,18,19)/b7-4+. The lowest BCUT2D eigenvalue weighted by atomic mass is 10.2. The minimum Gasteiger partial charge on any atom is -0.480 e. The van der Waals surface area contributed by atoms with Crippen molar-refractivity contribution in [1.29, 1.82) is 0 Å². The van der Waals surface area contributed by atoms with Crippen LogP contribution in [0.25, 0.3) is 6.08 Å². The molecule has 19 heavy (non-hydrogen) atoms. The zero-order chi connectivity index (χ0) is 13.8. The maximum Gasteiger partial charge on any atom is 0.323 e. The SMILES string of the molecule is O=C(O)CN(C(=O)/C=C/c1cccc(Cl)c1)C1CC1. The van der Waals surface area contributed by atoms with Crippen LogP contribution in [0.5, 0.6) is 0 Å². The van der Waals surface area contributed by atoms with Crippen LogP contribution < -0.4 is 0 Å². The number of halogens is 1. The lowest BCUT2D eigenvalue weighted by Gasteiger charge is -2.17. The first kappa shape index (κ1) is 13.6. The van der Waals surface area contributed by atoms with Crippen molar-refractivity contribution in [1.82, 2.24) is 4.90 Å². The second-order valence-corrected chi connectivity index (χ2v) is 4.92. The maximum atomic E-state index is 12.0. The van der Waals surface area contributed by atoms with E-state index in [1.54, 1.807) is 24.3 Å². The van der Waals surface area contributed by atoms with Gasteiger partial charge in [0, 0.05) is 17.1 Å². The Morgan fingerprint density at radius 2 is 2.16 bits per heavy atom. The lowest BCUT2D eigenvalue weighted by Crippen LogP contribution is -2.36. The van der Waals surface area contributed by atoms with Gasteiger partial charge >= 0.3 is 5.97 Å². The van der Waals surface area contributed by atoms with Crippen molar-refractivity contribution in [3.63, 3.8) is 0 Å². The van der Waals surface area contributed by atoms with Crippen LogP contribution in [0, 0.1) is 0 Å². The van der Waals surface area contributed by atoms with E-state index in [0.717, 1.165) is 18.4 Å². The molecule has 1 aromatic rings. The van der Waals surface area contributed by atoms with Gasteiger partial charge in [0.05, 0.1) is 0 Å². The zero-order valence-corrected chi connectivity index (χ0v) is 11.0. The second kappa shape index (κ2) is 5.89. The van der Waals surface area contributed by atoms with Crippen LogP contribution in [0.1, 0.15) is 18.4 Å². The third-order valence-corrected chi connectivity index (χ3v) is 3.08. The van der Waals surface area contributed by atoms with E-state index >= 15 is 0 Å². The molecule has 1 saturated carbocycles. The van der Waals surface area contributed by atoms with E-state index in [1.807, 2.05) is 6.07 Å². The van der Waals surface area contributed by atoms with Crippen LogP contribution in [0.4, 0.5) is 0 Å². The fraction of sp³-hybridized carbons (Fsp3) is 0.286. The van der Waals surface area contributed by atoms with Crippen LogP contribution in [0.3, 0.4) is 0 Å². The predicted molar refractivity (Wildman–Crippen MR) is 72.9 cm³/mol. The topological polar surface area (TPSA) is 57.6 Å². The molecule has 1 aromatic carbocycles.